The summed E-state index contributed by atoms with van der Waals surface area (Å²) in [4.78, 5) is 25.5. The van der Waals surface area contributed by atoms with Crippen molar-refractivity contribution in [3.8, 4) is 17.2 Å². The van der Waals surface area contributed by atoms with E-state index in [0.29, 0.717) is 30.0 Å². The summed E-state index contributed by atoms with van der Waals surface area (Å²) >= 11 is 0. The second kappa shape index (κ2) is 7.91. The topological polar surface area (TPSA) is 65.1 Å². The number of hydrogen-bond donors (Lipinski definition) is 0. The van der Waals surface area contributed by atoms with Crippen LogP contribution in [0.4, 0.5) is 0 Å². The number of carbonyl (C=O) groups is 2. The number of ether oxygens (including phenoxy) is 3. The molecule has 1 aliphatic heterocycles. The molecular weight excluding hydrogens is 334 g/mol. The van der Waals surface area contributed by atoms with Crippen molar-refractivity contribution in [2.75, 3.05) is 20.4 Å². The maximum absolute atomic E-state index is 12.3. The van der Waals surface area contributed by atoms with Crippen molar-refractivity contribution in [3.63, 3.8) is 0 Å². The van der Waals surface area contributed by atoms with Crippen molar-refractivity contribution >= 4 is 11.7 Å². The summed E-state index contributed by atoms with van der Waals surface area (Å²) in [7, 11) is 1.72. The van der Waals surface area contributed by atoms with E-state index in [2.05, 4.69) is 0 Å². The molecule has 0 atom stereocenters. The first-order valence-electron chi connectivity index (χ1n) is 8.45. The van der Waals surface area contributed by atoms with Gasteiger partial charge in [-0.15, -0.1) is 0 Å². The number of benzene rings is 2. The Hall–Kier alpha value is -3.02. The zero-order valence-electron chi connectivity index (χ0n) is 14.9. The van der Waals surface area contributed by atoms with Crippen LogP contribution < -0.4 is 14.2 Å². The van der Waals surface area contributed by atoms with Crippen LogP contribution >= 0.6 is 0 Å². The van der Waals surface area contributed by atoms with Gasteiger partial charge < -0.3 is 19.1 Å². The normalized spacial score (nSPS) is 11.9. The van der Waals surface area contributed by atoms with E-state index in [1.165, 1.54) is 0 Å². The highest BCUT2D eigenvalue weighted by molar-refractivity contribution is 5.95. The average Bonchev–Trinajstić information content (AvgIpc) is 3.13. The predicted octanol–water partition coefficient (Wildman–Crippen LogP) is 3.05. The molecule has 2 aromatic carbocycles. The molecule has 0 aliphatic carbocycles. The Balaban J connectivity index is 1.52. The third kappa shape index (κ3) is 4.14. The van der Waals surface area contributed by atoms with Crippen molar-refractivity contribution in [1.29, 1.82) is 0 Å². The van der Waals surface area contributed by atoms with Crippen LogP contribution in [0.2, 0.25) is 0 Å². The number of carbonyl (C=O) groups excluding carboxylic acids is 2. The van der Waals surface area contributed by atoms with Crippen LogP contribution in [0, 0.1) is 0 Å². The fourth-order valence-corrected chi connectivity index (χ4v) is 2.60. The molecule has 0 radical (unpaired) electrons. The van der Waals surface area contributed by atoms with Gasteiger partial charge in [0.15, 0.2) is 23.9 Å². The van der Waals surface area contributed by atoms with Gasteiger partial charge >= 0.3 is 0 Å². The first-order valence-corrected chi connectivity index (χ1v) is 8.45. The Kier molecular flexibility index (Phi) is 5.41. The Morgan fingerprint density at radius 3 is 2.54 bits per heavy atom. The van der Waals surface area contributed by atoms with E-state index in [9.17, 15) is 9.59 Å². The van der Waals surface area contributed by atoms with Gasteiger partial charge in [-0.3, -0.25) is 9.59 Å². The average molecular weight is 355 g/mol. The minimum absolute atomic E-state index is 0.0673. The molecule has 1 heterocycles. The van der Waals surface area contributed by atoms with E-state index in [0.717, 1.165) is 11.3 Å². The zero-order valence-corrected chi connectivity index (χ0v) is 14.9. The van der Waals surface area contributed by atoms with Gasteiger partial charge in [-0.05, 0) is 42.0 Å². The SMILES string of the molecule is CCC(=O)c1ccc(OCC(=O)N(C)Cc2ccc3c(c2)OCO3)cc1. The Morgan fingerprint density at radius 2 is 1.81 bits per heavy atom. The number of ketones is 1. The van der Waals surface area contributed by atoms with Gasteiger partial charge in [0.05, 0.1) is 0 Å². The lowest BCUT2D eigenvalue weighted by molar-refractivity contribution is -0.132. The van der Waals surface area contributed by atoms with Crippen molar-refractivity contribution < 1.29 is 23.8 Å². The third-order valence-electron chi connectivity index (χ3n) is 4.14. The van der Waals surface area contributed by atoms with Crippen LogP contribution in [-0.2, 0) is 11.3 Å². The molecule has 0 saturated carbocycles. The molecule has 2 aromatic rings. The maximum Gasteiger partial charge on any atom is 0.260 e. The molecule has 0 fully saturated rings. The van der Waals surface area contributed by atoms with Crippen LogP contribution in [-0.4, -0.2) is 37.0 Å². The minimum atomic E-state index is -0.142. The van der Waals surface area contributed by atoms with E-state index in [4.69, 9.17) is 14.2 Å². The van der Waals surface area contributed by atoms with Crippen molar-refractivity contribution in [2.24, 2.45) is 0 Å². The molecule has 136 valence electrons. The zero-order chi connectivity index (χ0) is 18.5. The molecule has 1 aliphatic rings. The molecule has 3 rings (SSSR count). The summed E-state index contributed by atoms with van der Waals surface area (Å²) in [5, 5.41) is 0. The summed E-state index contributed by atoms with van der Waals surface area (Å²) in [5.41, 5.74) is 1.60. The van der Waals surface area contributed by atoms with Gasteiger partial charge in [-0.25, -0.2) is 0 Å². The summed E-state index contributed by atoms with van der Waals surface area (Å²) in [5.74, 6) is 1.91. The number of hydrogen-bond acceptors (Lipinski definition) is 5. The van der Waals surface area contributed by atoms with Gasteiger partial charge in [-0.2, -0.15) is 0 Å². The fourth-order valence-electron chi connectivity index (χ4n) is 2.60. The highest BCUT2D eigenvalue weighted by Gasteiger charge is 2.16. The van der Waals surface area contributed by atoms with Crippen molar-refractivity contribution in [1.82, 2.24) is 4.90 Å². The predicted molar refractivity (Wildman–Crippen MR) is 95.6 cm³/mol. The molecular formula is C20H21NO5. The Labute approximate surface area is 152 Å². The largest absolute Gasteiger partial charge is 0.484 e. The fraction of sp³-hybridized carbons (Fsp3) is 0.300. The second-order valence-electron chi connectivity index (χ2n) is 6.03. The van der Waals surface area contributed by atoms with Crippen molar-refractivity contribution in [2.45, 2.75) is 19.9 Å². The smallest absolute Gasteiger partial charge is 0.260 e. The summed E-state index contributed by atoms with van der Waals surface area (Å²) < 4.78 is 16.1. The first kappa shape index (κ1) is 17.8. The van der Waals surface area contributed by atoms with E-state index >= 15 is 0 Å². The highest BCUT2D eigenvalue weighted by Crippen LogP contribution is 2.32. The first-order chi connectivity index (χ1) is 12.6. The molecule has 0 bridgehead atoms. The van der Waals surface area contributed by atoms with E-state index in [1.807, 2.05) is 25.1 Å². The monoisotopic (exact) mass is 355 g/mol. The van der Waals surface area contributed by atoms with Crippen LogP contribution in [0.1, 0.15) is 29.3 Å². The van der Waals surface area contributed by atoms with Gasteiger partial charge in [0, 0.05) is 25.6 Å². The number of Topliss-reactive ketones (excluding diaryl/α,β-unsaturated/α-hetero) is 1. The van der Waals surface area contributed by atoms with Crippen LogP contribution in [0.3, 0.4) is 0 Å². The third-order valence-corrected chi connectivity index (χ3v) is 4.14. The molecule has 0 unspecified atom stereocenters. The molecule has 6 nitrogen and oxygen atoms in total. The molecule has 0 spiro atoms. The number of nitrogens with zero attached hydrogens (tertiary/aromatic N) is 1. The lowest BCUT2D eigenvalue weighted by atomic mass is 10.1. The molecule has 0 saturated heterocycles. The van der Waals surface area contributed by atoms with Gasteiger partial charge in [0.25, 0.3) is 5.91 Å². The standard InChI is InChI=1S/C20H21NO5/c1-3-17(22)15-5-7-16(8-6-15)24-12-20(23)21(2)11-14-4-9-18-19(10-14)26-13-25-18/h4-10H,3,11-13H2,1-2H3. The molecule has 1 amide bonds. The number of fused-ring (bicyclic) bond motifs is 1. The number of amides is 1. The Morgan fingerprint density at radius 1 is 1.08 bits per heavy atom. The minimum Gasteiger partial charge on any atom is -0.484 e. The molecule has 26 heavy (non-hydrogen) atoms. The summed E-state index contributed by atoms with van der Waals surface area (Å²) in [6.07, 6.45) is 0.462. The van der Waals surface area contributed by atoms with Gasteiger partial charge in [-0.1, -0.05) is 13.0 Å². The maximum atomic E-state index is 12.3. The number of likely N-dealkylation sites (N-methyl/N-ethyl adjacent to an activating group) is 1. The van der Waals surface area contributed by atoms with Crippen LogP contribution in [0.5, 0.6) is 17.2 Å². The molecule has 6 heteroatoms. The second-order valence-corrected chi connectivity index (χ2v) is 6.03. The van der Waals surface area contributed by atoms with Gasteiger partial charge in [0.1, 0.15) is 5.75 Å². The summed E-state index contributed by atoms with van der Waals surface area (Å²) in [6, 6.07) is 12.4. The van der Waals surface area contributed by atoms with Crippen LogP contribution in [0.25, 0.3) is 0 Å². The lowest BCUT2D eigenvalue weighted by Gasteiger charge is -2.18. The summed E-state index contributed by atoms with van der Waals surface area (Å²) in [6.45, 7) is 2.43. The van der Waals surface area contributed by atoms with Crippen LogP contribution in [0.15, 0.2) is 42.5 Å². The van der Waals surface area contributed by atoms with Crippen molar-refractivity contribution in [3.05, 3.63) is 53.6 Å². The molecule has 0 N–H and O–H groups in total. The van der Waals surface area contributed by atoms with Gasteiger partial charge in [0.2, 0.25) is 6.79 Å². The highest BCUT2D eigenvalue weighted by atomic mass is 16.7. The molecule has 0 aromatic heterocycles. The number of rotatable bonds is 7. The lowest BCUT2D eigenvalue weighted by Crippen LogP contribution is -2.30. The van der Waals surface area contributed by atoms with E-state index < -0.39 is 0 Å². The van der Waals surface area contributed by atoms with E-state index in [-0.39, 0.29) is 25.1 Å². The Bertz CT molecular complexity index is 800. The van der Waals surface area contributed by atoms with E-state index in [1.54, 1.807) is 36.2 Å². The quantitative estimate of drug-likeness (QED) is 0.714.